The minimum absolute atomic E-state index is 0.103. The van der Waals surface area contributed by atoms with Crippen LogP contribution in [0.3, 0.4) is 0 Å². The van der Waals surface area contributed by atoms with E-state index in [1.807, 2.05) is 12.1 Å². The second-order valence-electron chi connectivity index (χ2n) is 4.63. The predicted molar refractivity (Wildman–Crippen MR) is 76.3 cm³/mol. The Kier molecular flexibility index (Phi) is 4.09. The smallest absolute Gasteiger partial charge is 0.234 e. The maximum absolute atomic E-state index is 5.50. The molecule has 1 N–H and O–H groups in total. The first-order chi connectivity index (χ1) is 9.78. The molecule has 2 atom stereocenters. The number of nitrogens with one attached hydrogen (secondary N) is 1. The van der Waals surface area contributed by atoms with E-state index < -0.39 is 0 Å². The second-order valence-corrected chi connectivity index (χ2v) is 5.54. The van der Waals surface area contributed by atoms with Crippen molar-refractivity contribution in [2.24, 2.45) is 0 Å². The van der Waals surface area contributed by atoms with Gasteiger partial charge in [-0.2, -0.15) is 4.98 Å². The number of halogens is 1. The molecule has 0 aliphatic carbocycles. The van der Waals surface area contributed by atoms with Crippen LogP contribution in [0.2, 0.25) is 0 Å². The molecular weight excluding hydrogens is 324 g/mol. The van der Waals surface area contributed by atoms with Crippen molar-refractivity contribution in [1.29, 1.82) is 0 Å². The second kappa shape index (κ2) is 5.99. The first-order valence-corrected chi connectivity index (χ1v) is 7.34. The number of nitrogens with zero attached hydrogens (tertiary/aromatic N) is 3. The molecule has 0 amide bonds. The zero-order chi connectivity index (χ0) is 13.9. The summed E-state index contributed by atoms with van der Waals surface area (Å²) in [5, 5.41) is 7.38. The normalized spacial score (nSPS) is 22.3. The van der Waals surface area contributed by atoms with Crippen LogP contribution in [0.25, 0.3) is 11.5 Å². The SMILES string of the molecule is CCNC1COCC1c1nc(-c2ccc(Br)cn2)no1. The van der Waals surface area contributed by atoms with Crippen molar-refractivity contribution in [3.8, 4) is 11.5 Å². The Morgan fingerprint density at radius 1 is 1.40 bits per heavy atom. The van der Waals surface area contributed by atoms with Crippen molar-refractivity contribution < 1.29 is 9.26 Å². The topological polar surface area (TPSA) is 73.1 Å². The van der Waals surface area contributed by atoms with E-state index in [2.05, 4.69) is 43.3 Å². The zero-order valence-electron chi connectivity index (χ0n) is 11.0. The van der Waals surface area contributed by atoms with Gasteiger partial charge in [-0.05, 0) is 34.6 Å². The minimum atomic E-state index is 0.103. The first kappa shape index (κ1) is 13.7. The van der Waals surface area contributed by atoms with Crippen molar-refractivity contribution in [3.05, 3.63) is 28.7 Å². The Morgan fingerprint density at radius 3 is 3.05 bits per heavy atom. The number of aromatic nitrogens is 3. The van der Waals surface area contributed by atoms with E-state index in [1.165, 1.54) is 0 Å². The molecule has 0 radical (unpaired) electrons. The molecule has 3 rings (SSSR count). The van der Waals surface area contributed by atoms with E-state index in [4.69, 9.17) is 9.26 Å². The Hall–Kier alpha value is -1.31. The van der Waals surface area contributed by atoms with E-state index >= 15 is 0 Å². The van der Waals surface area contributed by atoms with Gasteiger partial charge >= 0.3 is 0 Å². The fourth-order valence-corrected chi connectivity index (χ4v) is 2.49. The van der Waals surface area contributed by atoms with Gasteiger partial charge in [-0.1, -0.05) is 12.1 Å². The number of likely N-dealkylation sites (N-methyl/N-ethyl adjacent to an activating group) is 1. The van der Waals surface area contributed by atoms with Crippen LogP contribution in [0.5, 0.6) is 0 Å². The molecule has 2 aromatic rings. The number of hydrogen-bond acceptors (Lipinski definition) is 6. The number of hydrogen-bond donors (Lipinski definition) is 1. The van der Waals surface area contributed by atoms with Gasteiger partial charge in [0.1, 0.15) is 5.69 Å². The van der Waals surface area contributed by atoms with Crippen LogP contribution in [0.4, 0.5) is 0 Å². The van der Waals surface area contributed by atoms with Gasteiger partial charge in [-0.15, -0.1) is 0 Å². The van der Waals surface area contributed by atoms with Gasteiger partial charge in [0.25, 0.3) is 0 Å². The molecule has 1 aliphatic rings. The van der Waals surface area contributed by atoms with Crippen molar-refractivity contribution >= 4 is 15.9 Å². The van der Waals surface area contributed by atoms with Crippen molar-refractivity contribution in [3.63, 3.8) is 0 Å². The highest BCUT2D eigenvalue weighted by atomic mass is 79.9. The molecule has 0 bridgehead atoms. The molecule has 1 fully saturated rings. The summed E-state index contributed by atoms with van der Waals surface area (Å²) in [6, 6.07) is 3.98. The summed E-state index contributed by atoms with van der Waals surface area (Å²) < 4.78 is 11.8. The van der Waals surface area contributed by atoms with Gasteiger partial charge in [0, 0.05) is 16.7 Å². The Balaban J connectivity index is 1.81. The molecular formula is C13H15BrN4O2. The van der Waals surface area contributed by atoms with Gasteiger partial charge in [0.15, 0.2) is 0 Å². The van der Waals surface area contributed by atoms with Gasteiger partial charge in [-0.25, -0.2) is 0 Å². The van der Waals surface area contributed by atoms with Crippen LogP contribution < -0.4 is 5.32 Å². The summed E-state index contributed by atoms with van der Waals surface area (Å²) in [7, 11) is 0. The average molecular weight is 339 g/mol. The summed E-state index contributed by atoms with van der Waals surface area (Å²) in [4.78, 5) is 8.71. The van der Waals surface area contributed by atoms with E-state index in [0.717, 1.165) is 11.0 Å². The third-order valence-corrected chi connectivity index (χ3v) is 3.73. The summed E-state index contributed by atoms with van der Waals surface area (Å²) in [6.07, 6.45) is 1.71. The fourth-order valence-electron chi connectivity index (χ4n) is 2.26. The molecule has 20 heavy (non-hydrogen) atoms. The van der Waals surface area contributed by atoms with Crippen molar-refractivity contribution in [2.75, 3.05) is 19.8 Å². The lowest BCUT2D eigenvalue weighted by atomic mass is 10.0. The molecule has 3 heterocycles. The maximum Gasteiger partial charge on any atom is 0.234 e. The molecule has 7 heteroatoms. The van der Waals surface area contributed by atoms with Gasteiger partial charge in [-0.3, -0.25) is 4.98 Å². The van der Waals surface area contributed by atoms with Gasteiger partial charge in [0.2, 0.25) is 11.7 Å². The summed E-state index contributed by atoms with van der Waals surface area (Å²) in [5.41, 5.74) is 0.696. The quantitative estimate of drug-likeness (QED) is 0.918. The number of ether oxygens (including phenoxy) is 1. The molecule has 6 nitrogen and oxygen atoms in total. The Labute approximate surface area is 125 Å². The first-order valence-electron chi connectivity index (χ1n) is 6.54. The van der Waals surface area contributed by atoms with E-state index in [1.54, 1.807) is 6.20 Å². The molecule has 106 valence electrons. The lowest BCUT2D eigenvalue weighted by molar-refractivity contribution is 0.185. The van der Waals surface area contributed by atoms with Crippen LogP contribution in [-0.2, 0) is 4.74 Å². The summed E-state index contributed by atoms with van der Waals surface area (Å²) in [5.74, 6) is 1.22. The minimum Gasteiger partial charge on any atom is -0.379 e. The number of rotatable bonds is 4. The molecule has 1 saturated heterocycles. The number of pyridine rings is 1. The molecule has 0 aromatic carbocycles. The van der Waals surface area contributed by atoms with Crippen molar-refractivity contribution in [2.45, 2.75) is 18.9 Å². The molecule has 1 aliphatic heterocycles. The monoisotopic (exact) mass is 338 g/mol. The van der Waals surface area contributed by atoms with E-state index in [-0.39, 0.29) is 12.0 Å². The van der Waals surface area contributed by atoms with Crippen molar-refractivity contribution in [1.82, 2.24) is 20.4 Å². The van der Waals surface area contributed by atoms with E-state index in [0.29, 0.717) is 30.6 Å². The van der Waals surface area contributed by atoms with E-state index in [9.17, 15) is 0 Å². The third-order valence-electron chi connectivity index (χ3n) is 3.26. The van der Waals surface area contributed by atoms with Gasteiger partial charge < -0.3 is 14.6 Å². The Morgan fingerprint density at radius 2 is 2.30 bits per heavy atom. The van der Waals surface area contributed by atoms with Crippen LogP contribution in [0.15, 0.2) is 27.3 Å². The Bertz CT molecular complexity index is 572. The lowest BCUT2D eigenvalue weighted by Crippen LogP contribution is -2.34. The van der Waals surface area contributed by atoms with Crippen LogP contribution in [-0.4, -0.2) is 40.9 Å². The molecule has 2 aromatic heterocycles. The van der Waals surface area contributed by atoms with Crippen LogP contribution >= 0.6 is 15.9 Å². The molecule has 0 saturated carbocycles. The standard InChI is InChI=1S/C13H15BrN4O2/c1-2-15-11-7-19-6-9(11)13-17-12(18-20-13)10-4-3-8(14)5-16-10/h3-5,9,11,15H,2,6-7H2,1H3. The maximum atomic E-state index is 5.50. The highest BCUT2D eigenvalue weighted by molar-refractivity contribution is 9.10. The summed E-state index contributed by atoms with van der Waals surface area (Å²) >= 11 is 3.35. The highest BCUT2D eigenvalue weighted by Gasteiger charge is 2.33. The highest BCUT2D eigenvalue weighted by Crippen LogP contribution is 2.26. The fraction of sp³-hybridized carbons (Fsp3) is 0.462. The van der Waals surface area contributed by atoms with Crippen LogP contribution in [0, 0.1) is 0 Å². The third kappa shape index (κ3) is 2.74. The largest absolute Gasteiger partial charge is 0.379 e. The van der Waals surface area contributed by atoms with Gasteiger partial charge in [0.05, 0.1) is 19.1 Å². The van der Waals surface area contributed by atoms with Crippen LogP contribution in [0.1, 0.15) is 18.7 Å². The molecule has 0 spiro atoms. The zero-order valence-corrected chi connectivity index (χ0v) is 12.6. The molecule has 2 unspecified atom stereocenters. The lowest BCUT2D eigenvalue weighted by Gasteiger charge is -2.13. The average Bonchev–Trinajstić information content (AvgIpc) is 3.08. The summed E-state index contributed by atoms with van der Waals surface area (Å²) in [6.45, 7) is 4.24. The predicted octanol–water partition coefficient (Wildman–Crippen LogP) is 1.99.